The second-order valence-corrected chi connectivity index (χ2v) is 4.52. The van der Waals surface area contributed by atoms with Crippen LogP contribution >= 0.6 is 0 Å². The normalized spacial score (nSPS) is 18.3. The fraction of sp³-hybridized carbons (Fsp3) is 0.538. The van der Waals surface area contributed by atoms with Crippen molar-refractivity contribution in [2.45, 2.75) is 31.6 Å². The van der Waals surface area contributed by atoms with Gasteiger partial charge in [0.25, 0.3) is 0 Å². The van der Waals surface area contributed by atoms with Crippen LogP contribution in [0.15, 0.2) is 18.2 Å². The molecule has 0 aliphatic heterocycles. The van der Waals surface area contributed by atoms with Gasteiger partial charge in [0.1, 0.15) is 5.75 Å². The molecule has 2 heteroatoms. The second kappa shape index (κ2) is 3.86. The summed E-state index contributed by atoms with van der Waals surface area (Å²) in [5.74, 6) is 0.963. The molecule has 1 aromatic rings. The van der Waals surface area contributed by atoms with E-state index in [0.29, 0.717) is 0 Å². The summed E-state index contributed by atoms with van der Waals surface area (Å²) >= 11 is 0. The van der Waals surface area contributed by atoms with Gasteiger partial charge in [-0.05, 0) is 37.0 Å². The minimum absolute atomic E-state index is 0.261. The van der Waals surface area contributed by atoms with Gasteiger partial charge < -0.3 is 10.5 Å². The van der Waals surface area contributed by atoms with Gasteiger partial charge in [0.05, 0.1) is 7.11 Å². The third-order valence-electron chi connectivity index (χ3n) is 3.71. The monoisotopic (exact) mass is 205 g/mol. The number of hydrogen-bond acceptors (Lipinski definition) is 2. The van der Waals surface area contributed by atoms with Crippen LogP contribution < -0.4 is 10.5 Å². The van der Waals surface area contributed by atoms with Crippen LogP contribution in [0.5, 0.6) is 5.75 Å². The molecule has 0 unspecified atom stereocenters. The lowest BCUT2D eigenvalue weighted by Gasteiger charge is -2.41. The average molecular weight is 205 g/mol. The van der Waals surface area contributed by atoms with Crippen molar-refractivity contribution < 1.29 is 4.74 Å². The molecule has 1 aliphatic rings. The molecular weight excluding hydrogens is 186 g/mol. The SMILES string of the molecule is COc1ccc(C2(CN)CCC2)cc1C. The zero-order valence-corrected chi connectivity index (χ0v) is 9.55. The van der Waals surface area contributed by atoms with Gasteiger partial charge in [-0.3, -0.25) is 0 Å². The summed E-state index contributed by atoms with van der Waals surface area (Å²) in [4.78, 5) is 0. The maximum absolute atomic E-state index is 5.89. The Kier molecular flexibility index (Phi) is 2.70. The first-order valence-corrected chi connectivity index (χ1v) is 5.57. The van der Waals surface area contributed by atoms with Crippen molar-refractivity contribution in [3.63, 3.8) is 0 Å². The fourth-order valence-electron chi connectivity index (χ4n) is 2.42. The van der Waals surface area contributed by atoms with Gasteiger partial charge >= 0.3 is 0 Å². The van der Waals surface area contributed by atoms with Gasteiger partial charge in [0.2, 0.25) is 0 Å². The highest BCUT2D eigenvalue weighted by molar-refractivity contribution is 5.40. The summed E-state index contributed by atoms with van der Waals surface area (Å²) in [6.07, 6.45) is 3.77. The number of aryl methyl sites for hydroxylation is 1. The van der Waals surface area contributed by atoms with Gasteiger partial charge in [-0.25, -0.2) is 0 Å². The third-order valence-corrected chi connectivity index (χ3v) is 3.71. The molecule has 0 heterocycles. The van der Waals surface area contributed by atoms with Gasteiger partial charge in [-0.2, -0.15) is 0 Å². The zero-order valence-electron chi connectivity index (χ0n) is 9.55. The molecular formula is C13H19NO. The maximum Gasteiger partial charge on any atom is 0.121 e. The third kappa shape index (κ3) is 1.63. The van der Waals surface area contributed by atoms with Crippen LogP contribution in [0.4, 0.5) is 0 Å². The van der Waals surface area contributed by atoms with E-state index in [9.17, 15) is 0 Å². The molecule has 2 N–H and O–H groups in total. The smallest absolute Gasteiger partial charge is 0.121 e. The molecule has 0 aromatic heterocycles. The first-order valence-electron chi connectivity index (χ1n) is 5.57. The lowest BCUT2D eigenvalue weighted by Crippen LogP contribution is -2.41. The molecule has 2 rings (SSSR count). The Morgan fingerprint density at radius 2 is 2.13 bits per heavy atom. The maximum atomic E-state index is 5.89. The number of hydrogen-bond donors (Lipinski definition) is 1. The van der Waals surface area contributed by atoms with Crippen LogP contribution in [0, 0.1) is 6.92 Å². The standard InChI is InChI=1S/C13H19NO/c1-10-8-11(4-5-12(10)15-2)13(9-14)6-3-7-13/h4-5,8H,3,6-7,9,14H2,1-2H3. The predicted molar refractivity (Wildman–Crippen MR) is 62.3 cm³/mol. The first kappa shape index (κ1) is 10.5. The molecule has 1 saturated carbocycles. The largest absolute Gasteiger partial charge is 0.496 e. The Morgan fingerprint density at radius 3 is 2.53 bits per heavy atom. The molecule has 0 bridgehead atoms. The van der Waals surface area contributed by atoms with Gasteiger partial charge in [0.15, 0.2) is 0 Å². The molecule has 1 aromatic carbocycles. The van der Waals surface area contributed by atoms with Crippen molar-refractivity contribution in [2.24, 2.45) is 5.73 Å². The van der Waals surface area contributed by atoms with E-state index < -0.39 is 0 Å². The molecule has 0 saturated heterocycles. The summed E-state index contributed by atoms with van der Waals surface area (Å²) in [6, 6.07) is 6.45. The van der Waals surface area contributed by atoms with Crippen LogP contribution in [0.1, 0.15) is 30.4 Å². The molecule has 2 nitrogen and oxygen atoms in total. The average Bonchev–Trinajstić information content (AvgIpc) is 2.17. The second-order valence-electron chi connectivity index (χ2n) is 4.52. The number of methoxy groups -OCH3 is 1. The molecule has 1 aliphatic carbocycles. The summed E-state index contributed by atoms with van der Waals surface area (Å²) < 4.78 is 5.27. The van der Waals surface area contributed by atoms with Crippen LogP contribution in [-0.4, -0.2) is 13.7 Å². The van der Waals surface area contributed by atoms with E-state index >= 15 is 0 Å². The predicted octanol–water partition coefficient (Wildman–Crippen LogP) is 2.38. The summed E-state index contributed by atoms with van der Waals surface area (Å²) in [5.41, 5.74) is 8.74. The Bertz CT molecular complexity index is 350. The van der Waals surface area contributed by atoms with E-state index in [2.05, 4.69) is 25.1 Å². The van der Waals surface area contributed by atoms with Crippen molar-refractivity contribution in [2.75, 3.05) is 13.7 Å². The fourth-order valence-corrected chi connectivity index (χ4v) is 2.42. The van der Waals surface area contributed by atoms with E-state index in [-0.39, 0.29) is 5.41 Å². The zero-order chi connectivity index (χ0) is 10.9. The van der Waals surface area contributed by atoms with Crippen molar-refractivity contribution in [1.82, 2.24) is 0 Å². The Balaban J connectivity index is 2.33. The Labute approximate surface area is 91.4 Å². The highest BCUT2D eigenvalue weighted by Crippen LogP contribution is 2.43. The Hall–Kier alpha value is -1.02. The number of nitrogens with two attached hydrogens (primary N) is 1. The van der Waals surface area contributed by atoms with Crippen LogP contribution in [0.2, 0.25) is 0 Å². The summed E-state index contributed by atoms with van der Waals surface area (Å²) in [7, 11) is 1.71. The lowest BCUT2D eigenvalue weighted by atomic mass is 9.64. The van der Waals surface area contributed by atoms with Crippen LogP contribution in [-0.2, 0) is 5.41 Å². The van der Waals surface area contributed by atoms with Crippen molar-refractivity contribution in [1.29, 1.82) is 0 Å². The quantitative estimate of drug-likeness (QED) is 0.822. The molecule has 15 heavy (non-hydrogen) atoms. The van der Waals surface area contributed by atoms with Crippen molar-refractivity contribution >= 4 is 0 Å². The summed E-state index contributed by atoms with van der Waals surface area (Å²) in [6.45, 7) is 2.85. The topological polar surface area (TPSA) is 35.2 Å². The van der Waals surface area contributed by atoms with E-state index in [1.165, 1.54) is 30.4 Å². The van der Waals surface area contributed by atoms with Gasteiger partial charge in [-0.15, -0.1) is 0 Å². The van der Waals surface area contributed by atoms with Crippen molar-refractivity contribution in [3.8, 4) is 5.75 Å². The molecule has 0 radical (unpaired) electrons. The minimum Gasteiger partial charge on any atom is -0.496 e. The molecule has 0 atom stereocenters. The highest BCUT2D eigenvalue weighted by atomic mass is 16.5. The van der Waals surface area contributed by atoms with Crippen LogP contribution in [0.3, 0.4) is 0 Å². The Morgan fingerprint density at radius 1 is 1.40 bits per heavy atom. The van der Waals surface area contributed by atoms with E-state index in [4.69, 9.17) is 10.5 Å². The van der Waals surface area contributed by atoms with Gasteiger partial charge in [0, 0.05) is 12.0 Å². The lowest BCUT2D eigenvalue weighted by molar-refractivity contribution is 0.252. The molecule has 0 amide bonds. The number of ether oxygens (including phenoxy) is 1. The molecule has 0 spiro atoms. The van der Waals surface area contributed by atoms with E-state index in [1.54, 1.807) is 7.11 Å². The number of rotatable bonds is 3. The number of benzene rings is 1. The van der Waals surface area contributed by atoms with E-state index in [0.717, 1.165) is 12.3 Å². The molecule has 82 valence electrons. The molecule has 1 fully saturated rings. The first-order chi connectivity index (χ1) is 7.22. The highest BCUT2D eigenvalue weighted by Gasteiger charge is 2.37. The summed E-state index contributed by atoms with van der Waals surface area (Å²) in [5, 5.41) is 0. The minimum atomic E-state index is 0.261. The van der Waals surface area contributed by atoms with Crippen molar-refractivity contribution in [3.05, 3.63) is 29.3 Å². The van der Waals surface area contributed by atoms with Crippen LogP contribution in [0.25, 0.3) is 0 Å². The van der Waals surface area contributed by atoms with E-state index in [1.807, 2.05) is 0 Å². The van der Waals surface area contributed by atoms with Gasteiger partial charge in [-0.1, -0.05) is 18.6 Å².